The Morgan fingerprint density at radius 3 is 2.33 bits per heavy atom. The summed E-state index contributed by atoms with van der Waals surface area (Å²) in [5.41, 5.74) is 0.0168. The van der Waals surface area contributed by atoms with Crippen LogP contribution in [0.2, 0.25) is 5.82 Å². The van der Waals surface area contributed by atoms with E-state index >= 15 is 0 Å². The van der Waals surface area contributed by atoms with Gasteiger partial charge in [-0.15, -0.1) is 0 Å². The number of carbonyl (C=O) groups excluding carboxylic acids is 1. The predicted molar refractivity (Wildman–Crippen MR) is 91.7 cm³/mol. The highest BCUT2D eigenvalue weighted by Crippen LogP contribution is 2.58. The summed E-state index contributed by atoms with van der Waals surface area (Å²) in [5.74, 6) is 0.815. The van der Waals surface area contributed by atoms with Gasteiger partial charge in [-0.1, -0.05) is 6.42 Å². The van der Waals surface area contributed by atoms with E-state index in [0.717, 1.165) is 6.42 Å². The summed E-state index contributed by atoms with van der Waals surface area (Å²) in [6.45, 7) is 8.79. The quantitative estimate of drug-likeness (QED) is 0.799. The predicted octanol–water partition coefficient (Wildman–Crippen LogP) is 3.53. The average Bonchev–Trinajstić information content (AvgIpc) is 3.07. The van der Waals surface area contributed by atoms with E-state index in [1.54, 1.807) is 0 Å². The highest BCUT2D eigenvalue weighted by atomic mass is 16.7. The fourth-order valence-electron chi connectivity index (χ4n) is 4.50. The van der Waals surface area contributed by atoms with Crippen molar-refractivity contribution in [1.82, 2.24) is 5.32 Å². The highest BCUT2D eigenvalue weighted by Gasteiger charge is 2.60. The van der Waals surface area contributed by atoms with E-state index < -0.39 is 0 Å². The van der Waals surface area contributed by atoms with Crippen LogP contribution in [-0.2, 0) is 14.0 Å². The SMILES string of the molecule is CC1(C)OB([C@H]2C[C@@H]2NC(=O)OCC2CC3(CCC3)C2)OC1(C)C. The van der Waals surface area contributed by atoms with Crippen molar-refractivity contribution in [3.8, 4) is 0 Å². The summed E-state index contributed by atoms with van der Waals surface area (Å²) in [7, 11) is -0.231. The second-order valence-corrected chi connectivity index (χ2v) is 9.50. The molecule has 4 fully saturated rings. The van der Waals surface area contributed by atoms with Crippen molar-refractivity contribution in [1.29, 1.82) is 0 Å². The van der Waals surface area contributed by atoms with Crippen LogP contribution in [0.5, 0.6) is 0 Å². The molecule has 3 saturated carbocycles. The van der Waals surface area contributed by atoms with Gasteiger partial charge in [0.1, 0.15) is 0 Å². The number of hydrogen-bond donors (Lipinski definition) is 1. The average molecular weight is 335 g/mol. The molecule has 134 valence electrons. The van der Waals surface area contributed by atoms with Crippen LogP contribution in [0.3, 0.4) is 0 Å². The minimum Gasteiger partial charge on any atom is -0.449 e. The Morgan fingerprint density at radius 1 is 1.17 bits per heavy atom. The van der Waals surface area contributed by atoms with E-state index in [0.29, 0.717) is 17.9 Å². The highest BCUT2D eigenvalue weighted by molar-refractivity contribution is 6.49. The van der Waals surface area contributed by atoms with Crippen molar-refractivity contribution in [2.45, 2.75) is 89.3 Å². The lowest BCUT2D eigenvalue weighted by atomic mass is 9.52. The molecular weight excluding hydrogens is 305 g/mol. The summed E-state index contributed by atoms with van der Waals surface area (Å²) in [6, 6.07) is 0.117. The lowest BCUT2D eigenvalue weighted by Crippen LogP contribution is -2.45. The number of nitrogens with one attached hydrogen (secondary N) is 1. The molecule has 4 rings (SSSR count). The van der Waals surface area contributed by atoms with Gasteiger partial charge in [-0.25, -0.2) is 4.79 Å². The molecule has 0 aromatic rings. The molecule has 1 spiro atoms. The third-order valence-corrected chi connectivity index (χ3v) is 7.07. The third kappa shape index (κ3) is 2.86. The van der Waals surface area contributed by atoms with E-state index in [-0.39, 0.29) is 36.3 Å². The van der Waals surface area contributed by atoms with Crippen LogP contribution in [0, 0.1) is 11.3 Å². The maximum absolute atomic E-state index is 12.0. The van der Waals surface area contributed by atoms with Crippen LogP contribution in [-0.4, -0.2) is 37.1 Å². The van der Waals surface area contributed by atoms with E-state index in [4.69, 9.17) is 14.0 Å². The zero-order chi connectivity index (χ0) is 17.2. The third-order valence-electron chi connectivity index (χ3n) is 7.07. The largest absolute Gasteiger partial charge is 0.463 e. The minimum atomic E-state index is -0.312. The molecule has 1 heterocycles. The molecule has 0 aromatic heterocycles. The van der Waals surface area contributed by atoms with Crippen LogP contribution in [0.25, 0.3) is 0 Å². The van der Waals surface area contributed by atoms with Gasteiger partial charge in [0.05, 0.1) is 17.8 Å². The van der Waals surface area contributed by atoms with Crippen molar-refractivity contribution in [2.75, 3.05) is 6.61 Å². The van der Waals surface area contributed by atoms with E-state index in [1.165, 1.54) is 32.1 Å². The monoisotopic (exact) mass is 335 g/mol. The second-order valence-electron chi connectivity index (χ2n) is 9.50. The molecule has 0 bridgehead atoms. The molecule has 24 heavy (non-hydrogen) atoms. The Labute approximate surface area is 145 Å². The van der Waals surface area contributed by atoms with Gasteiger partial charge in [0.2, 0.25) is 0 Å². The Bertz CT molecular complexity index is 507. The lowest BCUT2D eigenvalue weighted by Gasteiger charge is -2.54. The van der Waals surface area contributed by atoms with Gasteiger partial charge in [-0.2, -0.15) is 0 Å². The Kier molecular flexibility index (Phi) is 3.74. The van der Waals surface area contributed by atoms with Gasteiger partial charge in [0.15, 0.2) is 0 Å². The summed E-state index contributed by atoms with van der Waals surface area (Å²) in [5, 5.41) is 2.97. The topological polar surface area (TPSA) is 56.8 Å². The van der Waals surface area contributed by atoms with Crippen LogP contribution in [0.1, 0.15) is 66.2 Å². The van der Waals surface area contributed by atoms with Gasteiger partial charge in [0, 0.05) is 11.9 Å². The smallest absolute Gasteiger partial charge is 0.449 e. The van der Waals surface area contributed by atoms with Crippen molar-refractivity contribution in [3.05, 3.63) is 0 Å². The zero-order valence-corrected chi connectivity index (χ0v) is 15.4. The van der Waals surface area contributed by atoms with Crippen molar-refractivity contribution < 1.29 is 18.8 Å². The summed E-state index contributed by atoms with van der Waals surface area (Å²) in [6.07, 6.45) is 7.27. The van der Waals surface area contributed by atoms with Gasteiger partial charge in [-0.3, -0.25) is 0 Å². The molecule has 0 radical (unpaired) electrons. The molecule has 1 N–H and O–H groups in total. The van der Waals surface area contributed by atoms with Gasteiger partial charge in [-0.05, 0) is 71.1 Å². The number of amides is 1. The maximum Gasteiger partial charge on any atom is 0.463 e. The zero-order valence-electron chi connectivity index (χ0n) is 15.4. The molecule has 6 heteroatoms. The Hall–Kier alpha value is -0.745. The fourth-order valence-corrected chi connectivity index (χ4v) is 4.50. The van der Waals surface area contributed by atoms with Crippen LogP contribution in [0.15, 0.2) is 0 Å². The van der Waals surface area contributed by atoms with E-state index in [9.17, 15) is 4.79 Å². The normalized spacial score (nSPS) is 35.2. The summed E-state index contributed by atoms with van der Waals surface area (Å²) < 4.78 is 17.5. The first-order valence-electron chi connectivity index (χ1n) is 9.49. The molecule has 0 aromatic carbocycles. The van der Waals surface area contributed by atoms with Crippen LogP contribution >= 0.6 is 0 Å². The van der Waals surface area contributed by atoms with Crippen molar-refractivity contribution in [3.63, 3.8) is 0 Å². The lowest BCUT2D eigenvalue weighted by molar-refractivity contribution is -0.0486. The van der Waals surface area contributed by atoms with Gasteiger partial charge >= 0.3 is 13.2 Å². The van der Waals surface area contributed by atoms with Gasteiger partial charge in [0.25, 0.3) is 0 Å². The number of ether oxygens (including phenoxy) is 1. The number of carbonyl (C=O) groups is 1. The molecule has 4 aliphatic rings. The summed E-state index contributed by atoms with van der Waals surface area (Å²) in [4.78, 5) is 12.0. The summed E-state index contributed by atoms with van der Waals surface area (Å²) >= 11 is 0. The molecule has 1 saturated heterocycles. The van der Waals surface area contributed by atoms with Crippen molar-refractivity contribution >= 4 is 13.2 Å². The number of alkyl carbamates (subject to hydrolysis) is 1. The fraction of sp³-hybridized carbons (Fsp3) is 0.944. The maximum atomic E-state index is 12.0. The first kappa shape index (κ1) is 16.7. The van der Waals surface area contributed by atoms with Crippen LogP contribution in [0.4, 0.5) is 4.79 Å². The van der Waals surface area contributed by atoms with Crippen molar-refractivity contribution in [2.24, 2.45) is 11.3 Å². The minimum absolute atomic E-state index is 0.117. The molecular formula is C18H30BNO4. The first-order valence-corrected chi connectivity index (χ1v) is 9.49. The molecule has 3 aliphatic carbocycles. The standard InChI is InChI=1S/C18H30BNO4/c1-16(2)17(3,4)24-19(23-16)13-8-14(13)20-15(21)22-11-12-9-18(10-12)6-5-7-18/h12-14H,5-11H2,1-4H3,(H,20,21)/t13-,14-/m0/s1. The number of hydrogen-bond acceptors (Lipinski definition) is 4. The molecule has 0 unspecified atom stereocenters. The van der Waals surface area contributed by atoms with Crippen LogP contribution < -0.4 is 5.32 Å². The first-order chi connectivity index (χ1) is 11.2. The molecule has 1 aliphatic heterocycles. The Balaban J connectivity index is 1.16. The molecule has 1 amide bonds. The van der Waals surface area contributed by atoms with Gasteiger partial charge < -0.3 is 19.4 Å². The molecule has 5 nitrogen and oxygen atoms in total. The van der Waals surface area contributed by atoms with E-state index in [1.807, 2.05) is 0 Å². The molecule has 2 atom stereocenters. The Morgan fingerprint density at radius 2 is 1.79 bits per heavy atom. The second kappa shape index (κ2) is 5.37. The number of rotatable bonds is 4. The van der Waals surface area contributed by atoms with E-state index in [2.05, 4.69) is 33.0 Å².